The highest BCUT2D eigenvalue weighted by atomic mass is 127. The molecule has 0 spiro atoms. The van der Waals surface area contributed by atoms with E-state index in [1.165, 1.54) is 14.2 Å². The minimum Gasteiger partial charge on any atom is -0.469 e. The highest BCUT2D eigenvalue weighted by Crippen LogP contribution is 2.38. The molecule has 0 saturated heterocycles. The number of carbonyl (C=O) groups is 2. The molecule has 0 radical (unpaired) electrons. The van der Waals surface area contributed by atoms with Crippen molar-refractivity contribution in [3.05, 3.63) is 20.3 Å². The second-order valence-electron chi connectivity index (χ2n) is 6.86. The minimum absolute atomic E-state index is 0.0328. The molecule has 0 aromatic carbocycles. The summed E-state index contributed by atoms with van der Waals surface area (Å²) >= 11 is 4.32. The Balaban J connectivity index is 1.82. The van der Waals surface area contributed by atoms with Crippen molar-refractivity contribution in [3.63, 3.8) is 0 Å². The van der Waals surface area contributed by atoms with Gasteiger partial charge in [0.2, 0.25) is 0 Å². The summed E-state index contributed by atoms with van der Waals surface area (Å²) in [4.78, 5) is 23.9. The SMILES string of the molecule is COC(=O)[C@@H]1C[C@@H](OCO[C@H]2C[C@@H](/C=C/I)[C@H](C(=O)OC)C2)C[C@H]1/C=C/I. The molecule has 152 valence electrons. The summed E-state index contributed by atoms with van der Waals surface area (Å²) < 4.78 is 25.5. The second-order valence-corrected chi connectivity index (χ2v) is 8.30. The van der Waals surface area contributed by atoms with E-state index < -0.39 is 0 Å². The number of carbonyl (C=O) groups excluding carboxylic acids is 2. The first-order valence-corrected chi connectivity index (χ1v) is 11.5. The van der Waals surface area contributed by atoms with Crippen LogP contribution in [-0.4, -0.2) is 45.2 Å². The van der Waals surface area contributed by atoms with Gasteiger partial charge in [0, 0.05) is 0 Å². The third-order valence-corrected chi connectivity index (χ3v) is 6.22. The smallest absolute Gasteiger partial charge is 0.309 e. The van der Waals surface area contributed by atoms with E-state index in [-0.39, 0.29) is 54.6 Å². The molecule has 0 N–H and O–H groups in total. The fraction of sp³-hybridized carbons (Fsp3) is 0.684. The molecular weight excluding hydrogens is 578 g/mol. The molecule has 8 heteroatoms. The van der Waals surface area contributed by atoms with E-state index in [0.717, 1.165) is 12.8 Å². The molecule has 27 heavy (non-hydrogen) atoms. The summed E-state index contributed by atoms with van der Waals surface area (Å²) in [7, 11) is 2.84. The molecule has 0 unspecified atom stereocenters. The van der Waals surface area contributed by atoms with Crippen LogP contribution in [0.5, 0.6) is 0 Å². The molecule has 0 bridgehead atoms. The molecule has 2 aliphatic carbocycles. The predicted octanol–water partition coefficient (Wildman–Crippen LogP) is 4.01. The van der Waals surface area contributed by atoms with Crippen molar-refractivity contribution in [2.45, 2.75) is 37.9 Å². The first-order chi connectivity index (χ1) is 13.0. The molecule has 2 fully saturated rings. The lowest BCUT2D eigenvalue weighted by Gasteiger charge is -2.15. The number of hydrogen-bond acceptors (Lipinski definition) is 6. The number of allylic oxidation sites excluding steroid dienone is 2. The minimum atomic E-state index is -0.188. The zero-order chi connectivity index (χ0) is 19.8. The number of rotatable bonds is 8. The number of esters is 2. The van der Waals surface area contributed by atoms with Crippen LogP contribution in [0.1, 0.15) is 25.7 Å². The van der Waals surface area contributed by atoms with Gasteiger partial charge >= 0.3 is 11.9 Å². The third kappa shape index (κ3) is 6.40. The van der Waals surface area contributed by atoms with Crippen LogP contribution >= 0.6 is 45.2 Å². The molecule has 0 amide bonds. The van der Waals surface area contributed by atoms with Crippen molar-refractivity contribution >= 4 is 57.1 Å². The first kappa shape index (κ1) is 23.1. The highest BCUT2D eigenvalue weighted by Gasteiger charge is 2.40. The number of halogens is 2. The van der Waals surface area contributed by atoms with Gasteiger partial charge in [-0.15, -0.1) is 0 Å². The van der Waals surface area contributed by atoms with Crippen LogP contribution in [0.2, 0.25) is 0 Å². The van der Waals surface area contributed by atoms with E-state index >= 15 is 0 Å². The van der Waals surface area contributed by atoms with Crippen molar-refractivity contribution in [2.75, 3.05) is 21.0 Å². The van der Waals surface area contributed by atoms with Crippen molar-refractivity contribution in [2.24, 2.45) is 23.7 Å². The Kier molecular flexibility index (Phi) is 10.0. The average Bonchev–Trinajstić information content (AvgIpc) is 3.25. The van der Waals surface area contributed by atoms with Gasteiger partial charge in [0.25, 0.3) is 0 Å². The molecule has 0 aromatic rings. The Morgan fingerprint density at radius 1 is 0.815 bits per heavy atom. The van der Waals surface area contributed by atoms with E-state index in [4.69, 9.17) is 18.9 Å². The maximum absolute atomic E-state index is 12.0. The summed E-state index contributed by atoms with van der Waals surface area (Å²) in [5.41, 5.74) is 0. The Labute approximate surface area is 187 Å². The van der Waals surface area contributed by atoms with Gasteiger partial charge in [-0.2, -0.15) is 0 Å². The normalized spacial score (nSPS) is 33.8. The fourth-order valence-corrected chi connectivity index (χ4v) is 5.07. The van der Waals surface area contributed by atoms with Gasteiger partial charge in [0.05, 0.1) is 38.3 Å². The zero-order valence-electron chi connectivity index (χ0n) is 15.5. The quantitative estimate of drug-likeness (QED) is 0.237. The van der Waals surface area contributed by atoms with E-state index in [2.05, 4.69) is 45.2 Å². The van der Waals surface area contributed by atoms with E-state index in [1.54, 1.807) is 0 Å². The molecular formula is C19H26I2O6. The molecule has 6 nitrogen and oxygen atoms in total. The molecule has 2 saturated carbocycles. The van der Waals surface area contributed by atoms with E-state index in [0.29, 0.717) is 12.8 Å². The van der Waals surface area contributed by atoms with Gasteiger partial charge in [0.1, 0.15) is 6.79 Å². The highest BCUT2D eigenvalue weighted by molar-refractivity contribution is 14.1. The van der Waals surface area contributed by atoms with Crippen molar-refractivity contribution < 1.29 is 28.5 Å². The van der Waals surface area contributed by atoms with Crippen LogP contribution in [0.25, 0.3) is 0 Å². The molecule has 0 heterocycles. The zero-order valence-corrected chi connectivity index (χ0v) is 19.8. The Morgan fingerprint density at radius 2 is 1.22 bits per heavy atom. The number of hydrogen-bond donors (Lipinski definition) is 0. The molecule has 0 aromatic heterocycles. The summed E-state index contributed by atoms with van der Waals surface area (Å²) in [5.74, 6) is -0.447. The maximum atomic E-state index is 12.0. The second kappa shape index (κ2) is 11.7. The Morgan fingerprint density at radius 3 is 1.56 bits per heavy atom. The van der Waals surface area contributed by atoms with Crippen molar-refractivity contribution in [1.82, 2.24) is 0 Å². The number of ether oxygens (including phenoxy) is 4. The molecule has 6 atom stereocenters. The van der Waals surface area contributed by atoms with Gasteiger partial charge in [-0.1, -0.05) is 57.3 Å². The maximum Gasteiger partial charge on any atom is 0.309 e. The van der Waals surface area contributed by atoms with Crippen LogP contribution in [-0.2, 0) is 28.5 Å². The lowest BCUT2D eigenvalue weighted by Crippen LogP contribution is -2.20. The van der Waals surface area contributed by atoms with Gasteiger partial charge in [-0.3, -0.25) is 9.59 Å². The lowest BCUT2D eigenvalue weighted by atomic mass is 9.97. The van der Waals surface area contributed by atoms with Crippen molar-refractivity contribution in [3.8, 4) is 0 Å². The topological polar surface area (TPSA) is 71.1 Å². The lowest BCUT2D eigenvalue weighted by molar-refractivity contribution is -0.147. The van der Waals surface area contributed by atoms with E-state index in [9.17, 15) is 9.59 Å². The fourth-order valence-electron chi connectivity index (χ4n) is 4.01. The standard InChI is InChI=1S/C19H26I2O6/c1-24-18(22)16-9-14(7-12(16)3-5-20)26-11-27-15-8-13(4-6-21)17(10-15)19(23)25-2/h3-6,12-17H,7-11H2,1-2H3/b5-3+,6-4+/t12-,13-,14+,15+,16-,17-/m1/s1. The van der Waals surface area contributed by atoms with Crippen LogP contribution in [0, 0.1) is 23.7 Å². The molecule has 0 aliphatic heterocycles. The van der Waals surface area contributed by atoms with Crippen LogP contribution in [0.3, 0.4) is 0 Å². The van der Waals surface area contributed by atoms with Gasteiger partial charge in [-0.25, -0.2) is 0 Å². The molecule has 2 aliphatic rings. The van der Waals surface area contributed by atoms with Gasteiger partial charge in [-0.05, 0) is 45.7 Å². The van der Waals surface area contributed by atoms with Crippen LogP contribution in [0.4, 0.5) is 0 Å². The monoisotopic (exact) mass is 604 g/mol. The van der Waals surface area contributed by atoms with Crippen molar-refractivity contribution in [1.29, 1.82) is 0 Å². The predicted molar refractivity (Wildman–Crippen MR) is 117 cm³/mol. The average molecular weight is 604 g/mol. The third-order valence-electron chi connectivity index (χ3n) is 5.39. The van der Waals surface area contributed by atoms with Crippen LogP contribution in [0.15, 0.2) is 20.3 Å². The van der Waals surface area contributed by atoms with Crippen LogP contribution < -0.4 is 0 Å². The summed E-state index contributed by atoms with van der Waals surface area (Å²) in [6, 6.07) is 0. The Bertz CT molecular complexity index is 516. The van der Waals surface area contributed by atoms with Gasteiger partial charge in [0.15, 0.2) is 0 Å². The Hall–Kier alpha value is -0.200. The summed E-state index contributed by atoms with van der Waals surface area (Å²) in [5, 5.41) is 0. The summed E-state index contributed by atoms with van der Waals surface area (Å²) in [6.45, 7) is 0.165. The largest absolute Gasteiger partial charge is 0.469 e. The molecule has 2 rings (SSSR count). The van der Waals surface area contributed by atoms with Gasteiger partial charge < -0.3 is 18.9 Å². The van der Waals surface area contributed by atoms with E-state index in [1.807, 2.05) is 20.3 Å². The number of methoxy groups -OCH3 is 2. The summed E-state index contributed by atoms with van der Waals surface area (Å²) in [6.07, 6.45) is 6.82. The first-order valence-electron chi connectivity index (χ1n) is 8.96.